The van der Waals surface area contributed by atoms with Crippen molar-refractivity contribution in [2.45, 2.75) is 18.8 Å². The molecule has 0 N–H and O–H groups in total. The van der Waals surface area contributed by atoms with Crippen LogP contribution in [0, 0.1) is 23.1 Å². The third-order valence-electron chi connectivity index (χ3n) is 3.44. The zero-order valence-electron chi connectivity index (χ0n) is 9.73. The first-order valence-corrected chi connectivity index (χ1v) is 5.66. The van der Waals surface area contributed by atoms with Crippen molar-refractivity contribution < 1.29 is 4.39 Å². The van der Waals surface area contributed by atoms with Gasteiger partial charge in [-0.25, -0.2) is 4.39 Å². The summed E-state index contributed by atoms with van der Waals surface area (Å²) >= 11 is 0. The molecule has 2 heteroatoms. The molecule has 0 amide bonds. The third-order valence-corrected chi connectivity index (χ3v) is 3.44. The summed E-state index contributed by atoms with van der Waals surface area (Å²) in [7, 11) is 0. The van der Waals surface area contributed by atoms with Gasteiger partial charge >= 0.3 is 0 Å². The Balaban J connectivity index is 2.39. The van der Waals surface area contributed by atoms with Gasteiger partial charge in [0.1, 0.15) is 5.82 Å². The second kappa shape index (κ2) is 4.55. The van der Waals surface area contributed by atoms with Crippen molar-refractivity contribution in [3.8, 4) is 6.07 Å². The number of hydrogen-bond donors (Lipinski definition) is 0. The van der Waals surface area contributed by atoms with E-state index < -0.39 is 0 Å². The summed E-state index contributed by atoms with van der Waals surface area (Å²) in [5.41, 5.74) is 0.817. The van der Waals surface area contributed by atoms with Crippen molar-refractivity contribution in [2.75, 3.05) is 0 Å². The number of halogens is 1. The molecule has 0 saturated carbocycles. The Labute approximate surface area is 101 Å². The van der Waals surface area contributed by atoms with Gasteiger partial charge in [-0.15, -0.1) is 0 Å². The average molecular weight is 227 g/mol. The molecule has 1 aromatic rings. The van der Waals surface area contributed by atoms with Gasteiger partial charge in [-0.1, -0.05) is 43.4 Å². The van der Waals surface area contributed by atoms with E-state index >= 15 is 0 Å². The Bertz CT molecular complexity index is 493. The van der Waals surface area contributed by atoms with Crippen LogP contribution in [0.2, 0.25) is 0 Å². The summed E-state index contributed by atoms with van der Waals surface area (Å²) in [6, 6.07) is 8.74. The van der Waals surface area contributed by atoms with Gasteiger partial charge in [-0.2, -0.15) is 5.26 Å². The largest absolute Gasteiger partial charge is 0.207 e. The molecule has 1 aliphatic carbocycles. The Hall–Kier alpha value is -1.88. The van der Waals surface area contributed by atoms with Gasteiger partial charge in [0.2, 0.25) is 0 Å². The summed E-state index contributed by atoms with van der Waals surface area (Å²) in [5.74, 6) is -0.0903. The minimum atomic E-state index is -0.232. The van der Waals surface area contributed by atoms with Crippen LogP contribution in [0.25, 0.3) is 0 Å². The molecule has 1 aromatic carbocycles. The SMILES string of the molecule is CC1(c2ccc(F)cc2)C=CC=CC1CC#N. The predicted molar refractivity (Wildman–Crippen MR) is 65.8 cm³/mol. The summed E-state index contributed by atoms with van der Waals surface area (Å²) in [4.78, 5) is 0. The van der Waals surface area contributed by atoms with Crippen LogP contribution in [-0.4, -0.2) is 0 Å². The molecule has 0 fully saturated rings. The van der Waals surface area contributed by atoms with E-state index in [0.29, 0.717) is 6.42 Å². The number of nitriles is 1. The highest BCUT2D eigenvalue weighted by Crippen LogP contribution is 2.38. The number of hydrogen-bond acceptors (Lipinski definition) is 1. The van der Waals surface area contributed by atoms with E-state index in [4.69, 9.17) is 5.26 Å². The first-order chi connectivity index (χ1) is 8.16. The van der Waals surface area contributed by atoms with E-state index in [0.717, 1.165) is 5.56 Å². The maximum absolute atomic E-state index is 12.9. The molecule has 0 aliphatic heterocycles. The topological polar surface area (TPSA) is 23.8 Å². The van der Waals surface area contributed by atoms with Crippen LogP contribution in [0.3, 0.4) is 0 Å². The molecule has 0 saturated heterocycles. The van der Waals surface area contributed by atoms with E-state index in [9.17, 15) is 4.39 Å². The molecule has 17 heavy (non-hydrogen) atoms. The summed E-state index contributed by atoms with van der Waals surface area (Å²) in [6.45, 7) is 2.09. The minimum Gasteiger partial charge on any atom is -0.207 e. The van der Waals surface area contributed by atoms with Gasteiger partial charge in [-0.3, -0.25) is 0 Å². The lowest BCUT2D eigenvalue weighted by atomic mass is 9.68. The number of rotatable bonds is 2. The van der Waals surface area contributed by atoms with E-state index in [1.165, 1.54) is 12.1 Å². The fourth-order valence-electron chi connectivity index (χ4n) is 2.27. The average Bonchev–Trinajstić information content (AvgIpc) is 2.33. The molecular formula is C15H14FN. The molecule has 0 bridgehead atoms. The Kier molecular flexibility index (Phi) is 3.10. The van der Waals surface area contributed by atoms with Crippen molar-refractivity contribution in [1.29, 1.82) is 5.26 Å². The quantitative estimate of drug-likeness (QED) is 0.755. The smallest absolute Gasteiger partial charge is 0.123 e. The fourth-order valence-corrected chi connectivity index (χ4v) is 2.27. The molecule has 0 radical (unpaired) electrons. The van der Waals surface area contributed by atoms with Crippen LogP contribution in [0.4, 0.5) is 4.39 Å². The lowest BCUT2D eigenvalue weighted by Gasteiger charge is -2.34. The monoisotopic (exact) mass is 227 g/mol. The molecule has 86 valence electrons. The van der Waals surface area contributed by atoms with E-state index in [1.807, 2.05) is 18.2 Å². The Morgan fingerprint density at radius 3 is 2.65 bits per heavy atom. The lowest BCUT2D eigenvalue weighted by molar-refractivity contribution is 0.431. The highest BCUT2D eigenvalue weighted by molar-refractivity contribution is 5.37. The van der Waals surface area contributed by atoms with Crippen molar-refractivity contribution in [3.63, 3.8) is 0 Å². The predicted octanol–water partition coefficient (Wildman–Crippen LogP) is 3.74. The maximum Gasteiger partial charge on any atom is 0.123 e. The first kappa shape index (κ1) is 11.6. The standard InChI is InChI=1S/C15H14FN/c1-15(13-5-7-14(16)8-6-13)10-3-2-4-12(15)9-11-17/h2-8,10,12H,9H2,1H3. The van der Waals surface area contributed by atoms with Crippen LogP contribution < -0.4 is 0 Å². The molecule has 1 nitrogen and oxygen atoms in total. The van der Waals surface area contributed by atoms with Crippen LogP contribution in [-0.2, 0) is 5.41 Å². The van der Waals surface area contributed by atoms with E-state index in [1.54, 1.807) is 12.1 Å². The molecule has 2 unspecified atom stereocenters. The molecule has 2 rings (SSSR count). The fraction of sp³-hybridized carbons (Fsp3) is 0.267. The van der Waals surface area contributed by atoms with Gasteiger partial charge in [0.15, 0.2) is 0 Å². The summed E-state index contributed by atoms with van der Waals surface area (Å²) in [6.07, 6.45) is 8.55. The summed E-state index contributed by atoms with van der Waals surface area (Å²) in [5, 5.41) is 8.87. The number of allylic oxidation sites excluding steroid dienone is 4. The molecular weight excluding hydrogens is 213 g/mol. The Morgan fingerprint density at radius 1 is 1.29 bits per heavy atom. The van der Waals surface area contributed by atoms with E-state index in [-0.39, 0.29) is 17.2 Å². The third kappa shape index (κ3) is 2.14. The lowest BCUT2D eigenvalue weighted by Crippen LogP contribution is -2.30. The molecule has 2 atom stereocenters. The number of benzene rings is 1. The second-order valence-electron chi connectivity index (χ2n) is 4.50. The van der Waals surface area contributed by atoms with Crippen LogP contribution >= 0.6 is 0 Å². The van der Waals surface area contributed by atoms with Crippen molar-refractivity contribution in [3.05, 3.63) is 60.0 Å². The first-order valence-electron chi connectivity index (χ1n) is 5.66. The van der Waals surface area contributed by atoms with Crippen LogP contribution in [0.5, 0.6) is 0 Å². The molecule has 0 spiro atoms. The van der Waals surface area contributed by atoms with Gasteiger partial charge in [0.25, 0.3) is 0 Å². The van der Waals surface area contributed by atoms with Gasteiger partial charge in [0.05, 0.1) is 6.07 Å². The van der Waals surface area contributed by atoms with Crippen LogP contribution in [0.15, 0.2) is 48.6 Å². The van der Waals surface area contributed by atoms with Gasteiger partial charge < -0.3 is 0 Å². The van der Waals surface area contributed by atoms with Crippen molar-refractivity contribution in [1.82, 2.24) is 0 Å². The molecule has 0 heterocycles. The minimum absolute atomic E-state index is 0.142. The molecule has 0 aromatic heterocycles. The Morgan fingerprint density at radius 2 is 2.00 bits per heavy atom. The summed E-state index contributed by atoms with van der Waals surface area (Å²) < 4.78 is 12.9. The highest BCUT2D eigenvalue weighted by atomic mass is 19.1. The maximum atomic E-state index is 12.9. The molecule has 1 aliphatic rings. The van der Waals surface area contributed by atoms with Gasteiger partial charge in [-0.05, 0) is 17.7 Å². The van der Waals surface area contributed by atoms with Crippen LogP contribution in [0.1, 0.15) is 18.9 Å². The van der Waals surface area contributed by atoms with Crippen molar-refractivity contribution in [2.24, 2.45) is 5.92 Å². The zero-order valence-corrected chi connectivity index (χ0v) is 9.73. The van der Waals surface area contributed by atoms with E-state index in [2.05, 4.69) is 19.1 Å². The zero-order chi connectivity index (χ0) is 12.3. The normalized spacial score (nSPS) is 26.8. The number of nitrogens with zero attached hydrogens (tertiary/aromatic N) is 1. The van der Waals surface area contributed by atoms with Gasteiger partial charge in [0, 0.05) is 17.8 Å². The van der Waals surface area contributed by atoms with Crippen molar-refractivity contribution >= 4 is 0 Å². The highest BCUT2D eigenvalue weighted by Gasteiger charge is 2.32. The second-order valence-corrected chi connectivity index (χ2v) is 4.50.